The van der Waals surface area contributed by atoms with Crippen LogP contribution in [0.1, 0.15) is 5.56 Å². The van der Waals surface area contributed by atoms with Gasteiger partial charge >= 0.3 is 0 Å². The van der Waals surface area contributed by atoms with Crippen LogP contribution in [0.5, 0.6) is 0 Å². The van der Waals surface area contributed by atoms with Gasteiger partial charge in [-0.05, 0) is 24.1 Å². The maximum absolute atomic E-state index is 12.9. The molecule has 0 aliphatic carbocycles. The minimum absolute atomic E-state index is 0.179. The molecule has 1 heterocycles. The van der Waals surface area contributed by atoms with Crippen molar-refractivity contribution in [2.45, 2.75) is 6.42 Å². The number of benzene rings is 1. The van der Waals surface area contributed by atoms with Crippen LogP contribution < -0.4 is 5.32 Å². The first-order chi connectivity index (χ1) is 6.79. The molecule has 0 bridgehead atoms. The number of methoxy groups -OCH3 is 1. The zero-order valence-corrected chi connectivity index (χ0v) is 8.22. The average Bonchev–Trinajstić information content (AvgIpc) is 2.19. The molecule has 2 nitrogen and oxygen atoms in total. The Morgan fingerprint density at radius 1 is 1.57 bits per heavy atom. The first-order valence-corrected chi connectivity index (χ1v) is 4.81. The number of hydrogen-bond acceptors (Lipinski definition) is 2. The van der Waals surface area contributed by atoms with Gasteiger partial charge in [-0.3, -0.25) is 0 Å². The molecule has 1 aliphatic rings. The van der Waals surface area contributed by atoms with Crippen LogP contribution in [0.15, 0.2) is 18.2 Å². The maximum atomic E-state index is 12.9. The van der Waals surface area contributed by atoms with E-state index in [0.717, 1.165) is 25.3 Å². The van der Waals surface area contributed by atoms with Gasteiger partial charge in [0.1, 0.15) is 5.82 Å². The second-order valence-corrected chi connectivity index (χ2v) is 3.71. The lowest BCUT2D eigenvalue weighted by atomic mass is 9.94. The van der Waals surface area contributed by atoms with Crippen molar-refractivity contribution in [3.8, 4) is 0 Å². The smallest absolute Gasteiger partial charge is 0.125 e. The molecule has 76 valence electrons. The van der Waals surface area contributed by atoms with Crippen molar-refractivity contribution >= 4 is 5.69 Å². The third kappa shape index (κ3) is 1.87. The van der Waals surface area contributed by atoms with E-state index >= 15 is 0 Å². The van der Waals surface area contributed by atoms with Gasteiger partial charge in [0, 0.05) is 25.3 Å². The molecule has 0 radical (unpaired) electrons. The van der Waals surface area contributed by atoms with Gasteiger partial charge in [0.25, 0.3) is 0 Å². The van der Waals surface area contributed by atoms with E-state index in [-0.39, 0.29) is 5.82 Å². The monoisotopic (exact) mass is 195 g/mol. The van der Waals surface area contributed by atoms with E-state index in [2.05, 4.69) is 5.32 Å². The van der Waals surface area contributed by atoms with Gasteiger partial charge in [0.05, 0.1) is 6.61 Å². The first-order valence-electron chi connectivity index (χ1n) is 4.81. The third-order valence-electron chi connectivity index (χ3n) is 2.56. The van der Waals surface area contributed by atoms with Crippen molar-refractivity contribution in [3.05, 3.63) is 29.6 Å². The van der Waals surface area contributed by atoms with E-state index in [1.54, 1.807) is 13.2 Å². The highest BCUT2D eigenvalue weighted by molar-refractivity contribution is 5.53. The highest BCUT2D eigenvalue weighted by Gasteiger charge is 2.17. The van der Waals surface area contributed by atoms with E-state index in [9.17, 15) is 4.39 Å². The van der Waals surface area contributed by atoms with Crippen LogP contribution in [-0.4, -0.2) is 20.3 Å². The summed E-state index contributed by atoms with van der Waals surface area (Å²) < 4.78 is 18.0. The van der Waals surface area contributed by atoms with E-state index in [0.29, 0.717) is 5.92 Å². The second-order valence-electron chi connectivity index (χ2n) is 3.71. The molecule has 1 aromatic carbocycles. The number of nitrogens with one attached hydrogen (secondary N) is 1. The molecular weight excluding hydrogens is 181 g/mol. The zero-order chi connectivity index (χ0) is 9.97. The molecule has 1 atom stereocenters. The average molecular weight is 195 g/mol. The maximum Gasteiger partial charge on any atom is 0.125 e. The highest BCUT2D eigenvalue weighted by Crippen LogP contribution is 2.25. The van der Waals surface area contributed by atoms with Crippen molar-refractivity contribution in [2.24, 2.45) is 5.92 Å². The summed E-state index contributed by atoms with van der Waals surface area (Å²) in [6.45, 7) is 1.62. The molecule has 0 spiro atoms. The Kier molecular flexibility index (Phi) is 2.68. The van der Waals surface area contributed by atoms with Crippen LogP contribution in [0, 0.1) is 11.7 Å². The van der Waals surface area contributed by atoms with Crippen molar-refractivity contribution in [1.82, 2.24) is 0 Å². The second kappa shape index (κ2) is 3.96. The topological polar surface area (TPSA) is 21.3 Å². The molecule has 14 heavy (non-hydrogen) atoms. The lowest BCUT2D eigenvalue weighted by molar-refractivity contribution is 0.156. The molecule has 1 unspecified atom stereocenters. The molecule has 1 aromatic rings. The van der Waals surface area contributed by atoms with Crippen LogP contribution in [0.4, 0.5) is 10.1 Å². The Hall–Kier alpha value is -1.09. The molecule has 0 saturated carbocycles. The molecule has 0 fully saturated rings. The fraction of sp³-hybridized carbons (Fsp3) is 0.455. The van der Waals surface area contributed by atoms with E-state index in [4.69, 9.17) is 4.74 Å². The molecule has 0 saturated heterocycles. The van der Waals surface area contributed by atoms with Gasteiger partial charge in [-0.2, -0.15) is 0 Å². The van der Waals surface area contributed by atoms with Crippen LogP contribution in [-0.2, 0) is 11.2 Å². The molecule has 0 aromatic heterocycles. The lowest BCUT2D eigenvalue weighted by Gasteiger charge is -2.25. The van der Waals surface area contributed by atoms with E-state index < -0.39 is 0 Å². The van der Waals surface area contributed by atoms with E-state index in [1.165, 1.54) is 11.6 Å². The normalized spacial score (nSPS) is 20.0. The molecule has 1 N–H and O–H groups in total. The Labute approximate surface area is 83.1 Å². The van der Waals surface area contributed by atoms with Crippen molar-refractivity contribution in [1.29, 1.82) is 0 Å². The van der Waals surface area contributed by atoms with Crippen LogP contribution >= 0.6 is 0 Å². The van der Waals surface area contributed by atoms with Gasteiger partial charge < -0.3 is 10.1 Å². The zero-order valence-electron chi connectivity index (χ0n) is 8.22. The molecular formula is C11H14FNO. The minimum atomic E-state index is -0.179. The number of fused-ring (bicyclic) bond motifs is 1. The minimum Gasteiger partial charge on any atom is -0.384 e. The largest absolute Gasteiger partial charge is 0.384 e. The summed E-state index contributed by atoms with van der Waals surface area (Å²) in [4.78, 5) is 0. The van der Waals surface area contributed by atoms with Crippen LogP contribution in [0.2, 0.25) is 0 Å². The van der Waals surface area contributed by atoms with Crippen molar-refractivity contribution in [3.63, 3.8) is 0 Å². The van der Waals surface area contributed by atoms with Gasteiger partial charge in [-0.25, -0.2) is 4.39 Å². The quantitative estimate of drug-likeness (QED) is 0.779. The van der Waals surface area contributed by atoms with E-state index in [1.807, 2.05) is 6.07 Å². The summed E-state index contributed by atoms with van der Waals surface area (Å²) >= 11 is 0. The molecule has 3 heteroatoms. The Balaban J connectivity index is 2.15. The van der Waals surface area contributed by atoms with Crippen LogP contribution in [0.25, 0.3) is 0 Å². The number of hydrogen-bond donors (Lipinski definition) is 1. The number of anilines is 1. The van der Waals surface area contributed by atoms with Gasteiger partial charge in [0.2, 0.25) is 0 Å². The van der Waals surface area contributed by atoms with Crippen molar-refractivity contribution < 1.29 is 9.13 Å². The van der Waals surface area contributed by atoms with Crippen LogP contribution in [0.3, 0.4) is 0 Å². The summed E-state index contributed by atoms with van der Waals surface area (Å²) in [6.07, 6.45) is 0.969. The Morgan fingerprint density at radius 3 is 3.21 bits per heavy atom. The Bertz CT molecular complexity index is 327. The standard InChI is InChI=1S/C11H14FNO/c1-14-7-8-4-9-2-3-10(12)5-11(9)13-6-8/h2-3,5,8,13H,4,6-7H2,1H3. The molecule has 1 aliphatic heterocycles. The SMILES string of the molecule is COCC1CNc2cc(F)ccc2C1. The predicted octanol–water partition coefficient (Wildman–Crippen LogP) is 2.06. The summed E-state index contributed by atoms with van der Waals surface area (Å²) in [7, 11) is 1.71. The summed E-state index contributed by atoms with van der Waals surface area (Å²) in [6, 6.07) is 4.91. The Morgan fingerprint density at radius 2 is 2.43 bits per heavy atom. The lowest BCUT2D eigenvalue weighted by Crippen LogP contribution is -2.26. The predicted molar refractivity (Wildman–Crippen MR) is 54.0 cm³/mol. The fourth-order valence-electron chi connectivity index (χ4n) is 1.88. The van der Waals surface area contributed by atoms with Gasteiger partial charge in [0.15, 0.2) is 0 Å². The van der Waals surface area contributed by atoms with Gasteiger partial charge in [-0.1, -0.05) is 6.07 Å². The molecule has 0 amide bonds. The summed E-state index contributed by atoms with van der Waals surface area (Å²) in [5.74, 6) is 0.319. The molecule has 2 rings (SSSR count). The number of halogens is 1. The first kappa shape index (κ1) is 9.46. The third-order valence-corrected chi connectivity index (χ3v) is 2.56. The summed E-state index contributed by atoms with van der Waals surface area (Å²) in [5.41, 5.74) is 2.11. The fourth-order valence-corrected chi connectivity index (χ4v) is 1.88. The highest BCUT2D eigenvalue weighted by atomic mass is 19.1. The van der Waals surface area contributed by atoms with Gasteiger partial charge in [-0.15, -0.1) is 0 Å². The number of ether oxygens (including phenoxy) is 1. The summed E-state index contributed by atoms with van der Waals surface area (Å²) in [5, 5.41) is 3.22. The van der Waals surface area contributed by atoms with Crippen molar-refractivity contribution in [2.75, 3.05) is 25.6 Å². The number of rotatable bonds is 2.